The van der Waals surface area contributed by atoms with Gasteiger partial charge in [-0.3, -0.25) is 0 Å². The SMILES string of the molecule is Cc1c(Cl)cccc1NCc1ccccc1OCc1ccc(Cl)cc1Cl. The lowest BCUT2D eigenvalue weighted by molar-refractivity contribution is 0.303. The third kappa shape index (κ3) is 4.64. The zero-order valence-corrected chi connectivity index (χ0v) is 16.5. The summed E-state index contributed by atoms with van der Waals surface area (Å²) in [5, 5.41) is 5.38. The fourth-order valence-corrected chi connectivity index (χ4v) is 3.21. The van der Waals surface area contributed by atoms with Gasteiger partial charge in [0.1, 0.15) is 12.4 Å². The zero-order valence-electron chi connectivity index (χ0n) is 14.2. The summed E-state index contributed by atoms with van der Waals surface area (Å²) in [7, 11) is 0. The summed E-state index contributed by atoms with van der Waals surface area (Å²) in [6.45, 7) is 3.00. The number of ether oxygens (including phenoxy) is 1. The molecule has 0 aromatic heterocycles. The fourth-order valence-electron chi connectivity index (χ4n) is 2.57. The first-order valence-electron chi connectivity index (χ1n) is 8.18. The van der Waals surface area contributed by atoms with Gasteiger partial charge < -0.3 is 10.1 Å². The van der Waals surface area contributed by atoms with Gasteiger partial charge >= 0.3 is 0 Å². The molecule has 3 aromatic rings. The Morgan fingerprint density at radius 3 is 2.46 bits per heavy atom. The molecule has 0 spiro atoms. The maximum Gasteiger partial charge on any atom is 0.124 e. The van der Waals surface area contributed by atoms with Crippen LogP contribution in [0.5, 0.6) is 5.75 Å². The molecule has 0 unspecified atom stereocenters. The van der Waals surface area contributed by atoms with Gasteiger partial charge in [-0.25, -0.2) is 0 Å². The highest BCUT2D eigenvalue weighted by Gasteiger charge is 2.07. The van der Waals surface area contributed by atoms with Crippen LogP contribution in [0.25, 0.3) is 0 Å². The molecule has 134 valence electrons. The first-order valence-corrected chi connectivity index (χ1v) is 9.31. The Balaban J connectivity index is 1.71. The molecule has 0 bridgehead atoms. The van der Waals surface area contributed by atoms with Gasteiger partial charge in [0.2, 0.25) is 0 Å². The molecule has 0 heterocycles. The zero-order chi connectivity index (χ0) is 18.5. The third-order valence-corrected chi connectivity index (χ3v) is 5.10. The topological polar surface area (TPSA) is 21.3 Å². The highest BCUT2D eigenvalue weighted by Crippen LogP contribution is 2.27. The minimum atomic E-state index is 0.378. The molecular formula is C21H18Cl3NO. The van der Waals surface area contributed by atoms with Crippen LogP contribution in [-0.2, 0) is 13.2 Å². The average Bonchev–Trinajstić information content (AvgIpc) is 2.63. The molecule has 26 heavy (non-hydrogen) atoms. The lowest BCUT2D eigenvalue weighted by Gasteiger charge is -2.15. The van der Waals surface area contributed by atoms with Crippen molar-refractivity contribution in [3.05, 3.63) is 92.4 Å². The Labute approximate surface area is 168 Å². The lowest BCUT2D eigenvalue weighted by atomic mass is 10.1. The normalized spacial score (nSPS) is 10.6. The number of anilines is 1. The summed E-state index contributed by atoms with van der Waals surface area (Å²) in [6.07, 6.45) is 0. The van der Waals surface area contributed by atoms with Gasteiger partial charge in [-0.2, -0.15) is 0 Å². The first kappa shape index (κ1) is 18.9. The van der Waals surface area contributed by atoms with Crippen LogP contribution in [0.15, 0.2) is 60.7 Å². The standard InChI is InChI=1S/C21H18Cl3NO/c1-14-18(23)6-4-7-20(14)25-12-15-5-2-3-8-21(15)26-13-16-9-10-17(22)11-19(16)24/h2-11,25H,12-13H2,1H3. The van der Waals surface area contributed by atoms with Gasteiger partial charge in [0.25, 0.3) is 0 Å². The van der Waals surface area contributed by atoms with E-state index in [1.54, 1.807) is 6.07 Å². The molecule has 0 fully saturated rings. The van der Waals surface area contributed by atoms with E-state index < -0.39 is 0 Å². The molecule has 0 aliphatic carbocycles. The monoisotopic (exact) mass is 405 g/mol. The van der Waals surface area contributed by atoms with Crippen molar-refractivity contribution in [2.75, 3.05) is 5.32 Å². The largest absolute Gasteiger partial charge is 0.488 e. The number of nitrogens with one attached hydrogen (secondary N) is 1. The predicted molar refractivity (Wildman–Crippen MR) is 111 cm³/mol. The summed E-state index contributed by atoms with van der Waals surface area (Å²) < 4.78 is 5.99. The minimum Gasteiger partial charge on any atom is -0.488 e. The highest BCUT2D eigenvalue weighted by atomic mass is 35.5. The second-order valence-electron chi connectivity index (χ2n) is 5.90. The van der Waals surface area contributed by atoms with Crippen LogP contribution in [0.1, 0.15) is 16.7 Å². The summed E-state index contributed by atoms with van der Waals surface area (Å²) in [6, 6.07) is 19.2. The van der Waals surface area contributed by atoms with E-state index in [9.17, 15) is 0 Å². The van der Waals surface area contributed by atoms with Gasteiger partial charge in [-0.15, -0.1) is 0 Å². The van der Waals surface area contributed by atoms with E-state index in [4.69, 9.17) is 39.5 Å². The van der Waals surface area contributed by atoms with Crippen molar-refractivity contribution >= 4 is 40.5 Å². The smallest absolute Gasteiger partial charge is 0.124 e. The van der Waals surface area contributed by atoms with Crippen LogP contribution < -0.4 is 10.1 Å². The maximum atomic E-state index is 6.22. The summed E-state index contributed by atoms with van der Waals surface area (Å²) in [5.41, 5.74) is 3.98. The van der Waals surface area contributed by atoms with Crippen molar-refractivity contribution in [3.63, 3.8) is 0 Å². The Hall–Kier alpha value is -1.87. The summed E-state index contributed by atoms with van der Waals surface area (Å²) >= 11 is 18.3. The lowest BCUT2D eigenvalue weighted by Crippen LogP contribution is -2.05. The number of para-hydroxylation sites is 1. The number of rotatable bonds is 6. The van der Waals surface area contributed by atoms with Crippen molar-refractivity contribution in [1.82, 2.24) is 0 Å². The second kappa shape index (κ2) is 8.68. The number of halogens is 3. The molecule has 0 saturated carbocycles. The van der Waals surface area contributed by atoms with Gasteiger partial charge in [-0.05, 0) is 42.8 Å². The van der Waals surface area contributed by atoms with Gasteiger partial charge in [0.05, 0.1) is 0 Å². The Kier molecular flexibility index (Phi) is 6.31. The number of benzene rings is 3. The predicted octanol–water partition coefficient (Wildman–Crippen LogP) is 7.15. The summed E-state index contributed by atoms with van der Waals surface area (Å²) in [4.78, 5) is 0. The molecular weight excluding hydrogens is 389 g/mol. The molecule has 0 radical (unpaired) electrons. The highest BCUT2D eigenvalue weighted by molar-refractivity contribution is 6.35. The molecule has 5 heteroatoms. The van der Waals surface area contributed by atoms with Crippen molar-refractivity contribution in [2.45, 2.75) is 20.1 Å². The van der Waals surface area contributed by atoms with Crippen LogP contribution >= 0.6 is 34.8 Å². The van der Waals surface area contributed by atoms with E-state index in [0.29, 0.717) is 23.2 Å². The Bertz CT molecular complexity index is 912. The number of hydrogen-bond acceptors (Lipinski definition) is 2. The van der Waals surface area contributed by atoms with Gasteiger partial charge in [0, 0.05) is 38.4 Å². The van der Waals surface area contributed by atoms with E-state index in [-0.39, 0.29) is 0 Å². The molecule has 1 N–H and O–H groups in total. The molecule has 0 atom stereocenters. The van der Waals surface area contributed by atoms with Crippen LogP contribution in [0.2, 0.25) is 15.1 Å². The molecule has 3 aromatic carbocycles. The van der Waals surface area contributed by atoms with Gasteiger partial charge in [0.15, 0.2) is 0 Å². The Morgan fingerprint density at radius 2 is 1.65 bits per heavy atom. The van der Waals surface area contributed by atoms with Crippen molar-refractivity contribution in [3.8, 4) is 5.75 Å². The summed E-state index contributed by atoms with van der Waals surface area (Å²) in [5.74, 6) is 0.811. The van der Waals surface area contributed by atoms with Crippen LogP contribution in [-0.4, -0.2) is 0 Å². The first-order chi connectivity index (χ1) is 12.5. The molecule has 3 rings (SSSR count). The third-order valence-electron chi connectivity index (χ3n) is 4.11. The average molecular weight is 407 g/mol. The van der Waals surface area contributed by atoms with Crippen molar-refractivity contribution in [2.24, 2.45) is 0 Å². The molecule has 0 amide bonds. The van der Waals surface area contributed by atoms with Crippen molar-refractivity contribution < 1.29 is 4.74 Å². The fraction of sp³-hybridized carbons (Fsp3) is 0.143. The van der Waals surface area contributed by atoms with Gasteiger partial charge in [-0.1, -0.05) is 65.1 Å². The maximum absolute atomic E-state index is 6.22. The molecule has 0 aliphatic rings. The Morgan fingerprint density at radius 1 is 0.846 bits per heavy atom. The van der Waals surface area contributed by atoms with E-state index >= 15 is 0 Å². The van der Waals surface area contributed by atoms with E-state index in [1.165, 1.54) is 0 Å². The van der Waals surface area contributed by atoms with E-state index in [2.05, 4.69) is 5.32 Å². The minimum absolute atomic E-state index is 0.378. The molecule has 0 aliphatic heterocycles. The van der Waals surface area contributed by atoms with Crippen LogP contribution in [0.4, 0.5) is 5.69 Å². The van der Waals surface area contributed by atoms with E-state index in [0.717, 1.165) is 33.1 Å². The molecule has 0 saturated heterocycles. The van der Waals surface area contributed by atoms with Crippen LogP contribution in [0.3, 0.4) is 0 Å². The second-order valence-corrected chi connectivity index (χ2v) is 7.15. The van der Waals surface area contributed by atoms with Crippen LogP contribution in [0, 0.1) is 6.92 Å². The molecule has 2 nitrogen and oxygen atoms in total. The quantitative estimate of drug-likeness (QED) is 0.469. The van der Waals surface area contributed by atoms with Crippen molar-refractivity contribution in [1.29, 1.82) is 0 Å². The number of hydrogen-bond donors (Lipinski definition) is 1. The van der Waals surface area contributed by atoms with E-state index in [1.807, 2.05) is 61.5 Å².